The summed E-state index contributed by atoms with van der Waals surface area (Å²) in [5, 5.41) is 12.6. The van der Waals surface area contributed by atoms with Crippen LogP contribution in [0.25, 0.3) is 0 Å². The second-order valence-corrected chi connectivity index (χ2v) is 8.37. The minimum absolute atomic E-state index is 0.0274. The molecule has 8 heteroatoms. The Bertz CT molecular complexity index is 1090. The van der Waals surface area contributed by atoms with Gasteiger partial charge in [0.2, 0.25) is 0 Å². The van der Waals surface area contributed by atoms with Crippen LogP contribution in [0.1, 0.15) is 33.3 Å². The van der Waals surface area contributed by atoms with Crippen molar-refractivity contribution in [3.63, 3.8) is 0 Å². The first-order valence-corrected chi connectivity index (χ1v) is 10.4. The molecule has 0 saturated heterocycles. The van der Waals surface area contributed by atoms with Crippen molar-refractivity contribution < 1.29 is 22.7 Å². The molecule has 0 aliphatic carbocycles. The molecule has 1 heterocycles. The molecule has 0 aliphatic heterocycles. The molecule has 29 heavy (non-hydrogen) atoms. The highest BCUT2D eigenvalue weighted by atomic mass is 32.2. The monoisotopic (exact) mass is 414 g/mol. The second-order valence-electron chi connectivity index (χ2n) is 6.69. The molecule has 0 aliphatic rings. The summed E-state index contributed by atoms with van der Waals surface area (Å²) < 4.78 is 33.0. The Morgan fingerprint density at radius 2 is 1.83 bits per heavy atom. The molecule has 3 N–H and O–H groups in total. The number of carbonyl (C=O) groups excluding carboxylic acids is 1. The number of sulfonamides is 1. The number of rotatable bonds is 7. The van der Waals surface area contributed by atoms with Crippen molar-refractivity contribution in [2.75, 3.05) is 11.3 Å². The maximum absolute atomic E-state index is 12.7. The van der Waals surface area contributed by atoms with Gasteiger partial charge in [-0.3, -0.25) is 9.52 Å². The van der Waals surface area contributed by atoms with Crippen LogP contribution < -0.4 is 10.0 Å². The number of anilines is 1. The molecule has 0 spiro atoms. The van der Waals surface area contributed by atoms with Gasteiger partial charge in [-0.25, -0.2) is 8.42 Å². The summed E-state index contributed by atoms with van der Waals surface area (Å²) >= 11 is 0. The molecule has 1 unspecified atom stereocenters. The van der Waals surface area contributed by atoms with Gasteiger partial charge in [0.05, 0.1) is 17.7 Å². The van der Waals surface area contributed by atoms with E-state index in [4.69, 9.17) is 4.42 Å². The summed E-state index contributed by atoms with van der Waals surface area (Å²) in [5.41, 5.74) is 2.27. The van der Waals surface area contributed by atoms with Crippen LogP contribution in [-0.2, 0) is 10.0 Å². The molecule has 1 aromatic heterocycles. The van der Waals surface area contributed by atoms with Crippen LogP contribution in [-0.4, -0.2) is 26.0 Å². The van der Waals surface area contributed by atoms with Crippen LogP contribution in [0.3, 0.4) is 0 Å². The summed E-state index contributed by atoms with van der Waals surface area (Å²) in [6.45, 7) is 3.55. The summed E-state index contributed by atoms with van der Waals surface area (Å²) in [7, 11) is -3.86. The van der Waals surface area contributed by atoms with Gasteiger partial charge in [0.1, 0.15) is 11.9 Å². The maximum Gasteiger partial charge on any atom is 0.261 e. The number of carbonyl (C=O) groups is 1. The normalized spacial score (nSPS) is 12.4. The summed E-state index contributed by atoms with van der Waals surface area (Å²) in [4.78, 5) is 12.5. The Labute approximate surface area is 169 Å². The molecule has 0 fully saturated rings. The van der Waals surface area contributed by atoms with Gasteiger partial charge in [-0.15, -0.1) is 0 Å². The predicted octanol–water partition coefficient (Wildman–Crippen LogP) is 3.16. The highest BCUT2D eigenvalue weighted by Crippen LogP contribution is 2.20. The number of nitrogens with one attached hydrogen (secondary N) is 2. The zero-order valence-corrected chi connectivity index (χ0v) is 16.9. The van der Waals surface area contributed by atoms with Crippen LogP contribution >= 0.6 is 0 Å². The largest absolute Gasteiger partial charge is 0.467 e. The number of hydrogen-bond donors (Lipinski definition) is 3. The smallest absolute Gasteiger partial charge is 0.261 e. The van der Waals surface area contributed by atoms with Crippen LogP contribution in [0.5, 0.6) is 0 Å². The second kappa shape index (κ2) is 8.50. The first-order valence-electron chi connectivity index (χ1n) is 8.96. The molecule has 3 aromatic rings. The van der Waals surface area contributed by atoms with E-state index in [2.05, 4.69) is 10.0 Å². The lowest BCUT2D eigenvalue weighted by Crippen LogP contribution is -2.29. The lowest BCUT2D eigenvalue weighted by atomic mass is 10.1. The highest BCUT2D eigenvalue weighted by Gasteiger charge is 2.19. The third kappa shape index (κ3) is 5.04. The topological polar surface area (TPSA) is 109 Å². The van der Waals surface area contributed by atoms with Crippen LogP contribution in [0.2, 0.25) is 0 Å². The fourth-order valence-electron chi connectivity index (χ4n) is 2.71. The van der Waals surface area contributed by atoms with Crippen molar-refractivity contribution in [2.24, 2.45) is 0 Å². The molecule has 0 saturated carbocycles. The fraction of sp³-hybridized carbons (Fsp3) is 0.190. The Morgan fingerprint density at radius 1 is 1.10 bits per heavy atom. The quantitative estimate of drug-likeness (QED) is 0.550. The van der Waals surface area contributed by atoms with Crippen molar-refractivity contribution in [1.29, 1.82) is 0 Å². The van der Waals surface area contributed by atoms with E-state index in [9.17, 15) is 18.3 Å². The number of benzene rings is 2. The molecule has 1 atom stereocenters. The van der Waals surface area contributed by atoms with Gasteiger partial charge < -0.3 is 14.8 Å². The Kier molecular flexibility index (Phi) is 6.05. The predicted molar refractivity (Wildman–Crippen MR) is 109 cm³/mol. The van der Waals surface area contributed by atoms with Crippen LogP contribution in [0.15, 0.2) is 70.2 Å². The molecular weight excluding hydrogens is 392 g/mol. The van der Waals surface area contributed by atoms with Gasteiger partial charge in [0.15, 0.2) is 0 Å². The minimum Gasteiger partial charge on any atom is -0.467 e. The van der Waals surface area contributed by atoms with E-state index >= 15 is 0 Å². The van der Waals surface area contributed by atoms with Crippen molar-refractivity contribution >= 4 is 21.6 Å². The van der Waals surface area contributed by atoms with Gasteiger partial charge in [0, 0.05) is 11.3 Å². The zero-order chi connectivity index (χ0) is 21.0. The number of amides is 1. The van der Waals surface area contributed by atoms with Crippen LogP contribution in [0.4, 0.5) is 5.69 Å². The zero-order valence-electron chi connectivity index (χ0n) is 16.0. The summed E-state index contributed by atoms with van der Waals surface area (Å²) in [5.74, 6) is -0.152. The van der Waals surface area contributed by atoms with E-state index in [1.165, 1.54) is 18.4 Å². The number of hydrogen-bond acceptors (Lipinski definition) is 5. The van der Waals surface area contributed by atoms with Gasteiger partial charge in [0.25, 0.3) is 15.9 Å². The van der Waals surface area contributed by atoms with E-state index < -0.39 is 22.0 Å². The van der Waals surface area contributed by atoms with Gasteiger partial charge >= 0.3 is 0 Å². The SMILES string of the molecule is Cc1ccc(NS(=O)(=O)c2ccc(C)c(C(=O)NCC(O)c3ccco3)c2)cc1. The first kappa shape index (κ1) is 20.6. The van der Waals surface area contributed by atoms with Crippen LogP contribution in [0, 0.1) is 13.8 Å². The average molecular weight is 414 g/mol. The van der Waals surface area contributed by atoms with E-state index in [0.29, 0.717) is 17.0 Å². The number of aliphatic hydroxyl groups is 1. The Morgan fingerprint density at radius 3 is 2.48 bits per heavy atom. The third-order valence-corrected chi connectivity index (χ3v) is 5.77. The standard InChI is InChI=1S/C21H22N2O5S/c1-14-5-8-16(9-6-14)23-29(26,27)17-10-7-15(2)18(12-17)21(25)22-13-19(24)20-4-3-11-28-20/h3-12,19,23-24H,13H2,1-2H3,(H,22,25). The van der Waals surface area contributed by atoms with E-state index in [0.717, 1.165) is 5.56 Å². The average Bonchev–Trinajstić information content (AvgIpc) is 3.22. The molecule has 2 aromatic carbocycles. The van der Waals surface area contributed by atoms with Crippen molar-refractivity contribution in [1.82, 2.24) is 5.32 Å². The molecule has 0 radical (unpaired) electrons. The molecular formula is C21H22N2O5S. The Balaban J connectivity index is 1.76. The molecule has 152 valence electrons. The fourth-order valence-corrected chi connectivity index (χ4v) is 3.80. The summed E-state index contributed by atoms with van der Waals surface area (Å²) in [6.07, 6.45) is 0.435. The van der Waals surface area contributed by atoms with Crippen molar-refractivity contribution in [2.45, 2.75) is 24.8 Å². The molecule has 1 amide bonds. The Hall–Kier alpha value is -3.10. The van der Waals surface area contributed by atoms with E-state index in [-0.39, 0.29) is 17.0 Å². The number of aryl methyl sites for hydroxylation is 2. The molecule has 0 bridgehead atoms. The van der Waals surface area contributed by atoms with Gasteiger partial charge in [-0.1, -0.05) is 23.8 Å². The van der Waals surface area contributed by atoms with Crippen molar-refractivity contribution in [3.05, 3.63) is 83.3 Å². The number of furan rings is 1. The lowest BCUT2D eigenvalue weighted by Gasteiger charge is -2.13. The number of aliphatic hydroxyl groups excluding tert-OH is 1. The van der Waals surface area contributed by atoms with E-state index in [1.807, 2.05) is 6.92 Å². The van der Waals surface area contributed by atoms with E-state index in [1.54, 1.807) is 49.4 Å². The molecule has 7 nitrogen and oxygen atoms in total. The highest BCUT2D eigenvalue weighted by molar-refractivity contribution is 7.92. The summed E-state index contributed by atoms with van der Waals surface area (Å²) in [6, 6.07) is 14.5. The maximum atomic E-state index is 12.7. The lowest BCUT2D eigenvalue weighted by molar-refractivity contribution is 0.0900. The minimum atomic E-state index is -3.86. The van der Waals surface area contributed by atoms with Gasteiger partial charge in [-0.2, -0.15) is 0 Å². The molecule has 3 rings (SSSR count). The first-order chi connectivity index (χ1) is 13.8. The van der Waals surface area contributed by atoms with Gasteiger partial charge in [-0.05, 0) is 55.8 Å². The van der Waals surface area contributed by atoms with Crippen molar-refractivity contribution in [3.8, 4) is 0 Å². The third-order valence-electron chi connectivity index (χ3n) is 4.40.